The number of benzene rings is 1. The molecule has 1 N–H and O–H groups in total. The fourth-order valence-corrected chi connectivity index (χ4v) is 3.27. The molecule has 1 amide bonds. The highest BCUT2D eigenvalue weighted by Gasteiger charge is 2.27. The maximum absolute atomic E-state index is 12.3. The number of aromatic nitrogens is 1. The zero-order chi connectivity index (χ0) is 17.3. The van der Waals surface area contributed by atoms with Crippen LogP contribution in [0.25, 0.3) is 10.9 Å². The molecule has 1 aliphatic rings. The van der Waals surface area contributed by atoms with Crippen LogP contribution in [0.1, 0.15) is 42.4 Å². The van der Waals surface area contributed by atoms with Gasteiger partial charge in [0.25, 0.3) is 0 Å². The first-order chi connectivity index (χ1) is 11.6. The van der Waals surface area contributed by atoms with Gasteiger partial charge in [-0.05, 0) is 38.0 Å². The van der Waals surface area contributed by atoms with Gasteiger partial charge >= 0.3 is 5.97 Å². The minimum atomic E-state index is -0.358. The van der Waals surface area contributed by atoms with Gasteiger partial charge in [-0.3, -0.25) is 4.79 Å². The van der Waals surface area contributed by atoms with E-state index in [1.165, 1.54) is 0 Å². The SMILES string of the molecule is CCOC(=O)c1[nH]c2ccc(OCC)c3c2c1CCN(C(C)=O)C3. The third-order valence-electron chi connectivity index (χ3n) is 4.34. The molecule has 0 saturated carbocycles. The van der Waals surface area contributed by atoms with Gasteiger partial charge in [-0.25, -0.2) is 4.79 Å². The van der Waals surface area contributed by atoms with Crippen molar-refractivity contribution in [2.75, 3.05) is 19.8 Å². The molecule has 0 saturated heterocycles. The van der Waals surface area contributed by atoms with E-state index in [0.717, 1.165) is 27.8 Å². The van der Waals surface area contributed by atoms with Crippen LogP contribution in [0.5, 0.6) is 5.75 Å². The second-order valence-electron chi connectivity index (χ2n) is 5.79. The number of ether oxygens (including phenoxy) is 2. The maximum Gasteiger partial charge on any atom is 0.355 e. The summed E-state index contributed by atoms with van der Waals surface area (Å²) in [6.07, 6.45) is 0.607. The van der Waals surface area contributed by atoms with Crippen molar-refractivity contribution in [1.29, 1.82) is 0 Å². The summed E-state index contributed by atoms with van der Waals surface area (Å²) in [6, 6.07) is 3.81. The quantitative estimate of drug-likeness (QED) is 0.875. The molecule has 2 heterocycles. The van der Waals surface area contributed by atoms with Crippen LogP contribution in [0, 0.1) is 0 Å². The third-order valence-corrected chi connectivity index (χ3v) is 4.34. The van der Waals surface area contributed by atoms with Crippen molar-refractivity contribution in [2.45, 2.75) is 33.7 Å². The summed E-state index contributed by atoms with van der Waals surface area (Å²) in [5.74, 6) is 0.416. The molecule has 6 heteroatoms. The van der Waals surface area contributed by atoms with Crippen LogP contribution < -0.4 is 4.74 Å². The van der Waals surface area contributed by atoms with Crippen LogP contribution in [0.4, 0.5) is 0 Å². The van der Waals surface area contributed by atoms with Gasteiger partial charge in [0.1, 0.15) is 11.4 Å². The van der Waals surface area contributed by atoms with Crippen molar-refractivity contribution in [3.05, 3.63) is 29.0 Å². The topological polar surface area (TPSA) is 71.6 Å². The minimum absolute atomic E-state index is 0.0151. The van der Waals surface area contributed by atoms with E-state index in [9.17, 15) is 9.59 Å². The van der Waals surface area contributed by atoms with E-state index in [1.807, 2.05) is 19.1 Å². The van der Waals surface area contributed by atoms with Crippen LogP contribution in [0.15, 0.2) is 12.1 Å². The van der Waals surface area contributed by atoms with Crippen molar-refractivity contribution >= 4 is 22.8 Å². The van der Waals surface area contributed by atoms with Gasteiger partial charge in [0.15, 0.2) is 0 Å². The molecular formula is C18H22N2O4. The highest BCUT2D eigenvalue weighted by atomic mass is 16.5. The predicted molar refractivity (Wildman–Crippen MR) is 90.2 cm³/mol. The fraction of sp³-hybridized carbons (Fsp3) is 0.444. The molecular weight excluding hydrogens is 308 g/mol. The summed E-state index contributed by atoms with van der Waals surface area (Å²) in [7, 11) is 0. The second kappa shape index (κ2) is 6.55. The van der Waals surface area contributed by atoms with Gasteiger partial charge in [-0.15, -0.1) is 0 Å². The van der Waals surface area contributed by atoms with Gasteiger partial charge in [-0.2, -0.15) is 0 Å². The summed E-state index contributed by atoms with van der Waals surface area (Å²) < 4.78 is 10.9. The number of nitrogens with one attached hydrogen (secondary N) is 1. The zero-order valence-electron chi connectivity index (χ0n) is 14.3. The standard InChI is InChI=1S/C18H22N2O4/c1-4-23-15-7-6-14-16-12(17(19-14)18(22)24-5-2)8-9-20(11(3)21)10-13(15)16/h6-7,19H,4-5,8-10H2,1-3H3. The van der Waals surface area contributed by atoms with Crippen molar-refractivity contribution in [2.24, 2.45) is 0 Å². The van der Waals surface area contributed by atoms with Gasteiger partial charge in [0, 0.05) is 36.5 Å². The zero-order valence-corrected chi connectivity index (χ0v) is 14.3. The van der Waals surface area contributed by atoms with Crippen LogP contribution in [0.3, 0.4) is 0 Å². The van der Waals surface area contributed by atoms with E-state index >= 15 is 0 Å². The third kappa shape index (κ3) is 2.72. The molecule has 2 aromatic rings. The van der Waals surface area contributed by atoms with Crippen molar-refractivity contribution < 1.29 is 19.1 Å². The van der Waals surface area contributed by atoms with Crippen molar-refractivity contribution in [1.82, 2.24) is 9.88 Å². The van der Waals surface area contributed by atoms with Gasteiger partial charge in [-0.1, -0.05) is 0 Å². The smallest absolute Gasteiger partial charge is 0.355 e. The Bertz CT molecular complexity index is 794. The number of hydrogen-bond acceptors (Lipinski definition) is 4. The molecule has 3 rings (SSSR count). The molecule has 128 valence electrons. The first-order valence-corrected chi connectivity index (χ1v) is 8.28. The van der Waals surface area contributed by atoms with Crippen LogP contribution in [-0.2, 0) is 22.5 Å². The Balaban J connectivity index is 2.20. The highest BCUT2D eigenvalue weighted by molar-refractivity contribution is 6.00. The molecule has 0 bridgehead atoms. The molecule has 0 fully saturated rings. The number of rotatable bonds is 4. The highest BCUT2D eigenvalue weighted by Crippen LogP contribution is 2.36. The molecule has 1 aromatic carbocycles. The molecule has 24 heavy (non-hydrogen) atoms. The van der Waals surface area contributed by atoms with Gasteiger partial charge < -0.3 is 19.4 Å². The average molecular weight is 330 g/mol. The predicted octanol–water partition coefficient (Wildman–Crippen LogP) is 2.65. The normalized spacial score (nSPS) is 13.7. The number of carbonyl (C=O) groups excluding carboxylic acids is 2. The van der Waals surface area contributed by atoms with Crippen LogP contribution in [-0.4, -0.2) is 41.5 Å². The lowest BCUT2D eigenvalue weighted by molar-refractivity contribution is -0.129. The molecule has 0 atom stereocenters. The molecule has 1 aliphatic heterocycles. The first kappa shape index (κ1) is 16.4. The number of hydrogen-bond donors (Lipinski definition) is 1. The van der Waals surface area contributed by atoms with E-state index in [2.05, 4.69) is 4.98 Å². The van der Waals surface area contributed by atoms with Crippen molar-refractivity contribution in [3.8, 4) is 5.75 Å². The number of amides is 1. The van der Waals surface area contributed by atoms with Crippen molar-refractivity contribution in [3.63, 3.8) is 0 Å². The Morgan fingerprint density at radius 1 is 1.21 bits per heavy atom. The monoisotopic (exact) mass is 330 g/mol. The fourth-order valence-electron chi connectivity index (χ4n) is 3.27. The number of aromatic amines is 1. The Hall–Kier alpha value is -2.50. The van der Waals surface area contributed by atoms with Gasteiger partial charge in [0.2, 0.25) is 5.91 Å². The molecule has 1 aromatic heterocycles. The van der Waals surface area contributed by atoms with E-state index in [0.29, 0.717) is 38.4 Å². The van der Waals surface area contributed by atoms with Crippen LogP contribution in [0.2, 0.25) is 0 Å². The Morgan fingerprint density at radius 3 is 2.67 bits per heavy atom. The number of nitrogens with zero attached hydrogens (tertiary/aromatic N) is 1. The number of H-pyrrole nitrogens is 1. The molecule has 6 nitrogen and oxygen atoms in total. The number of esters is 1. The van der Waals surface area contributed by atoms with Crippen LogP contribution >= 0.6 is 0 Å². The van der Waals surface area contributed by atoms with E-state index in [4.69, 9.17) is 9.47 Å². The second-order valence-corrected chi connectivity index (χ2v) is 5.79. The lowest BCUT2D eigenvalue weighted by atomic mass is 10.0. The lowest BCUT2D eigenvalue weighted by Crippen LogP contribution is -2.29. The molecule has 0 aliphatic carbocycles. The minimum Gasteiger partial charge on any atom is -0.494 e. The first-order valence-electron chi connectivity index (χ1n) is 8.28. The van der Waals surface area contributed by atoms with E-state index in [-0.39, 0.29) is 11.9 Å². The van der Waals surface area contributed by atoms with E-state index in [1.54, 1.807) is 18.7 Å². The largest absolute Gasteiger partial charge is 0.494 e. The Morgan fingerprint density at radius 2 is 2.00 bits per heavy atom. The van der Waals surface area contributed by atoms with Gasteiger partial charge in [0.05, 0.1) is 13.2 Å². The molecule has 0 spiro atoms. The molecule has 0 radical (unpaired) electrons. The average Bonchev–Trinajstić information content (AvgIpc) is 2.79. The Kier molecular flexibility index (Phi) is 4.46. The summed E-state index contributed by atoms with van der Waals surface area (Å²) >= 11 is 0. The summed E-state index contributed by atoms with van der Waals surface area (Å²) in [6.45, 7) is 7.19. The van der Waals surface area contributed by atoms with E-state index < -0.39 is 0 Å². The summed E-state index contributed by atoms with van der Waals surface area (Å²) in [4.78, 5) is 29.2. The summed E-state index contributed by atoms with van der Waals surface area (Å²) in [5, 5.41) is 0.979. The lowest BCUT2D eigenvalue weighted by Gasteiger charge is -2.20. The molecule has 0 unspecified atom stereocenters. The summed E-state index contributed by atoms with van der Waals surface area (Å²) in [5.41, 5.74) is 3.21. The Labute approximate surface area is 140 Å². The maximum atomic E-state index is 12.3. The number of carbonyl (C=O) groups is 2.